The molecule has 1 fully saturated rings. The fourth-order valence-corrected chi connectivity index (χ4v) is 3.94. The van der Waals surface area contributed by atoms with Gasteiger partial charge in [-0.1, -0.05) is 26.0 Å². The third-order valence-electron chi connectivity index (χ3n) is 5.03. The van der Waals surface area contributed by atoms with E-state index in [1.807, 2.05) is 18.2 Å². The van der Waals surface area contributed by atoms with Gasteiger partial charge in [-0.05, 0) is 44.3 Å². The van der Waals surface area contributed by atoms with Crippen LogP contribution in [-0.4, -0.2) is 37.4 Å². The second-order valence-electron chi connectivity index (χ2n) is 6.97. The van der Waals surface area contributed by atoms with E-state index in [0.717, 1.165) is 55.8 Å². The Morgan fingerprint density at radius 3 is 2.62 bits per heavy atom. The number of carbonyl (C=O) groups excluding carboxylic acids is 1. The molecule has 0 radical (unpaired) electrons. The molecule has 2 aliphatic rings. The van der Waals surface area contributed by atoms with Crippen molar-refractivity contribution in [2.75, 3.05) is 26.7 Å². The molecular weight excluding hydrogens is 262 g/mol. The van der Waals surface area contributed by atoms with Gasteiger partial charge in [0.05, 0.1) is 7.11 Å². The number of Topliss-reactive ketones (excluding diaryl/α,β-unsaturated/α-hetero) is 1. The van der Waals surface area contributed by atoms with E-state index in [2.05, 4.69) is 18.7 Å². The number of piperidine rings is 1. The molecule has 1 spiro atoms. The molecule has 1 aromatic rings. The summed E-state index contributed by atoms with van der Waals surface area (Å²) in [5.41, 5.74) is 1.86. The van der Waals surface area contributed by atoms with Crippen molar-refractivity contribution in [3.63, 3.8) is 0 Å². The summed E-state index contributed by atoms with van der Waals surface area (Å²) in [6.07, 6.45) is 2.83. The van der Waals surface area contributed by atoms with Crippen molar-refractivity contribution in [1.29, 1.82) is 0 Å². The van der Waals surface area contributed by atoms with Crippen molar-refractivity contribution >= 4 is 5.78 Å². The molecule has 0 bridgehead atoms. The lowest BCUT2D eigenvalue weighted by Gasteiger charge is -2.38. The Kier molecular flexibility index (Phi) is 3.78. The molecule has 0 unspecified atom stereocenters. The molecule has 1 heterocycles. The lowest BCUT2D eigenvalue weighted by atomic mass is 9.75. The van der Waals surface area contributed by atoms with Gasteiger partial charge >= 0.3 is 0 Å². The minimum absolute atomic E-state index is 0.162. The molecule has 3 nitrogen and oxygen atoms in total. The molecule has 0 N–H and O–H groups in total. The predicted molar refractivity (Wildman–Crippen MR) is 84.0 cm³/mol. The Morgan fingerprint density at radius 2 is 2.00 bits per heavy atom. The zero-order valence-corrected chi connectivity index (χ0v) is 13.3. The Labute approximate surface area is 127 Å². The Bertz CT molecular complexity index is 542. The van der Waals surface area contributed by atoms with Gasteiger partial charge in [0.1, 0.15) is 5.75 Å². The van der Waals surface area contributed by atoms with Crippen LogP contribution < -0.4 is 4.74 Å². The summed E-state index contributed by atoms with van der Waals surface area (Å²) < 4.78 is 5.45. The second-order valence-corrected chi connectivity index (χ2v) is 6.97. The molecular formula is C18H25NO2. The molecule has 21 heavy (non-hydrogen) atoms. The number of carbonyl (C=O) groups is 1. The van der Waals surface area contributed by atoms with Gasteiger partial charge in [0, 0.05) is 23.1 Å². The number of benzene rings is 1. The number of fused-ring (bicyclic) bond motifs is 1. The zero-order chi connectivity index (χ0) is 15.0. The zero-order valence-electron chi connectivity index (χ0n) is 13.3. The summed E-state index contributed by atoms with van der Waals surface area (Å²) in [4.78, 5) is 15.4. The van der Waals surface area contributed by atoms with Crippen molar-refractivity contribution < 1.29 is 9.53 Å². The average Bonchev–Trinajstić information content (AvgIpc) is 2.74. The first kappa shape index (κ1) is 14.6. The third kappa shape index (κ3) is 2.48. The number of ketones is 1. The van der Waals surface area contributed by atoms with Gasteiger partial charge in [0.2, 0.25) is 0 Å². The quantitative estimate of drug-likeness (QED) is 0.855. The monoisotopic (exact) mass is 287 g/mol. The number of hydrogen-bond donors (Lipinski definition) is 0. The van der Waals surface area contributed by atoms with Crippen LogP contribution in [0.5, 0.6) is 5.75 Å². The van der Waals surface area contributed by atoms with Crippen LogP contribution in [0.4, 0.5) is 0 Å². The predicted octanol–water partition coefficient (Wildman–Crippen LogP) is 3.17. The Hall–Kier alpha value is -1.35. The topological polar surface area (TPSA) is 29.5 Å². The number of ether oxygens (including phenoxy) is 1. The van der Waals surface area contributed by atoms with Gasteiger partial charge in [0.15, 0.2) is 5.78 Å². The fourth-order valence-electron chi connectivity index (χ4n) is 3.94. The summed E-state index contributed by atoms with van der Waals surface area (Å²) in [6.45, 7) is 7.73. The number of methoxy groups -OCH3 is 1. The maximum absolute atomic E-state index is 12.9. The van der Waals surface area contributed by atoms with E-state index in [9.17, 15) is 4.79 Å². The van der Waals surface area contributed by atoms with Crippen LogP contribution in [0, 0.1) is 11.3 Å². The van der Waals surface area contributed by atoms with E-state index in [1.54, 1.807) is 7.11 Å². The second kappa shape index (κ2) is 5.45. The van der Waals surface area contributed by atoms with Gasteiger partial charge < -0.3 is 9.64 Å². The first-order valence-corrected chi connectivity index (χ1v) is 7.99. The molecule has 1 aromatic carbocycles. The summed E-state index contributed by atoms with van der Waals surface area (Å²) in [5.74, 6) is 1.92. The maximum atomic E-state index is 12.9. The van der Waals surface area contributed by atoms with Crippen molar-refractivity contribution in [3.8, 4) is 5.75 Å². The molecule has 0 aromatic heterocycles. The van der Waals surface area contributed by atoms with E-state index in [0.29, 0.717) is 11.7 Å². The number of likely N-dealkylation sites (tertiary alicyclic amines) is 1. The van der Waals surface area contributed by atoms with Crippen LogP contribution in [0.2, 0.25) is 0 Å². The first-order chi connectivity index (χ1) is 10.1. The lowest BCUT2D eigenvalue weighted by Crippen LogP contribution is -2.44. The first-order valence-electron chi connectivity index (χ1n) is 7.99. The van der Waals surface area contributed by atoms with E-state index in [4.69, 9.17) is 4.74 Å². The van der Waals surface area contributed by atoms with Crippen LogP contribution in [0.1, 0.15) is 42.6 Å². The lowest BCUT2D eigenvalue weighted by molar-refractivity contribution is 0.0616. The number of hydrogen-bond acceptors (Lipinski definition) is 3. The highest BCUT2D eigenvalue weighted by atomic mass is 16.5. The van der Waals surface area contributed by atoms with Gasteiger partial charge in [0.25, 0.3) is 0 Å². The van der Waals surface area contributed by atoms with Crippen LogP contribution in [0.15, 0.2) is 18.2 Å². The minimum Gasteiger partial charge on any atom is -0.496 e. The van der Waals surface area contributed by atoms with E-state index in [1.165, 1.54) is 0 Å². The largest absolute Gasteiger partial charge is 0.496 e. The third-order valence-corrected chi connectivity index (χ3v) is 5.03. The van der Waals surface area contributed by atoms with Gasteiger partial charge in [-0.25, -0.2) is 0 Å². The summed E-state index contributed by atoms with van der Waals surface area (Å²) >= 11 is 0. The summed E-state index contributed by atoms with van der Waals surface area (Å²) in [5, 5.41) is 0. The van der Waals surface area contributed by atoms with Crippen molar-refractivity contribution in [2.24, 2.45) is 11.3 Å². The Morgan fingerprint density at radius 1 is 1.29 bits per heavy atom. The standard InChI is InChI=1S/C18H25NO2/c1-13(2)12-19-9-7-18(8-10-19)11-15-14(17(18)20)5-4-6-16(15)21-3/h4-6,13H,7-12H2,1-3H3. The molecule has 3 heteroatoms. The van der Waals surface area contributed by atoms with Gasteiger partial charge in [-0.3, -0.25) is 4.79 Å². The molecule has 114 valence electrons. The normalized spacial score (nSPS) is 21.0. The highest BCUT2D eigenvalue weighted by Gasteiger charge is 2.47. The van der Waals surface area contributed by atoms with E-state index in [-0.39, 0.29) is 5.41 Å². The highest BCUT2D eigenvalue weighted by molar-refractivity contribution is 6.05. The van der Waals surface area contributed by atoms with Crippen LogP contribution in [0.25, 0.3) is 0 Å². The molecule has 3 rings (SSSR count). The molecule has 0 saturated carbocycles. The molecule has 1 aliphatic carbocycles. The smallest absolute Gasteiger partial charge is 0.169 e. The molecule has 0 amide bonds. The number of rotatable bonds is 3. The van der Waals surface area contributed by atoms with Gasteiger partial charge in [-0.2, -0.15) is 0 Å². The van der Waals surface area contributed by atoms with E-state index >= 15 is 0 Å². The van der Waals surface area contributed by atoms with Crippen molar-refractivity contribution in [3.05, 3.63) is 29.3 Å². The van der Waals surface area contributed by atoms with Crippen molar-refractivity contribution in [1.82, 2.24) is 4.90 Å². The van der Waals surface area contributed by atoms with Crippen LogP contribution in [0.3, 0.4) is 0 Å². The SMILES string of the molecule is COc1cccc2c1CC1(CCN(CC(C)C)CC1)C2=O. The van der Waals surface area contributed by atoms with E-state index < -0.39 is 0 Å². The maximum Gasteiger partial charge on any atom is 0.169 e. The van der Waals surface area contributed by atoms with Gasteiger partial charge in [-0.15, -0.1) is 0 Å². The average molecular weight is 287 g/mol. The van der Waals surface area contributed by atoms with Crippen LogP contribution in [-0.2, 0) is 6.42 Å². The Balaban J connectivity index is 1.79. The summed E-state index contributed by atoms with van der Waals surface area (Å²) in [6, 6.07) is 5.87. The molecule has 1 saturated heterocycles. The minimum atomic E-state index is -0.162. The molecule has 0 atom stereocenters. The summed E-state index contributed by atoms with van der Waals surface area (Å²) in [7, 11) is 1.69. The fraction of sp³-hybridized carbons (Fsp3) is 0.611. The van der Waals surface area contributed by atoms with Crippen LogP contribution >= 0.6 is 0 Å². The number of nitrogens with zero attached hydrogens (tertiary/aromatic N) is 1. The highest BCUT2D eigenvalue weighted by Crippen LogP contribution is 2.47. The van der Waals surface area contributed by atoms with Crippen molar-refractivity contribution in [2.45, 2.75) is 33.1 Å². The molecule has 1 aliphatic heterocycles.